The molecule has 0 saturated heterocycles. The van der Waals surface area contributed by atoms with Gasteiger partial charge in [-0.3, -0.25) is 9.59 Å². The van der Waals surface area contributed by atoms with Gasteiger partial charge in [0, 0.05) is 34.6 Å². The molecular formula is C28H29N3O4. The minimum atomic E-state index is -0.726. The predicted molar refractivity (Wildman–Crippen MR) is 135 cm³/mol. The van der Waals surface area contributed by atoms with Crippen LogP contribution in [0.15, 0.2) is 65.5 Å². The number of rotatable bonds is 9. The highest BCUT2D eigenvalue weighted by atomic mass is 16.5. The normalized spacial score (nSPS) is 11.1. The summed E-state index contributed by atoms with van der Waals surface area (Å²) >= 11 is 0. The van der Waals surface area contributed by atoms with Gasteiger partial charge in [-0.1, -0.05) is 56.2 Å². The molecule has 0 spiro atoms. The summed E-state index contributed by atoms with van der Waals surface area (Å²) in [4.78, 5) is 38.8. The van der Waals surface area contributed by atoms with E-state index in [4.69, 9.17) is 4.74 Å². The van der Waals surface area contributed by atoms with E-state index < -0.39 is 12.6 Å². The first-order chi connectivity index (χ1) is 16.9. The molecule has 0 saturated carbocycles. The van der Waals surface area contributed by atoms with Crippen LogP contribution in [-0.4, -0.2) is 32.7 Å². The molecule has 7 heteroatoms. The van der Waals surface area contributed by atoms with E-state index in [0.717, 1.165) is 36.3 Å². The van der Waals surface area contributed by atoms with Crippen molar-refractivity contribution in [2.45, 2.75) is 46.6 Å². The molecule has 0 radical (unpaired) electrons. The smallest absolute Gasteiger partial charge is 0.359 e. The maximum atomic E-state index is 13.0. The summed E-state index contributed by atoms with van der Waals surface area (Å²) < 4.78 is 8.73. The Kier molecular flexibility index (Phi) is 7.25. The van der Waals surface area contributed by atoms with Gasteiger partial charge in [-0.15, -0.1) is 0 Å². The first-order valence-corrected chi connectivity index (χ1v) is 11.9. The van der Waals surface area contributed by atoms with Crippen LogP contribution in [-0.2, 0) is 11.3 Å². The van der Waals surface area contributed by atoms with E-state index in [1.807, 2.05) is 48.7 Å². The van der Waals surface area contributed by atoms with Crippen molar-refractivity contribution in [2.24, 2.45) is 0 Å². The molecule has 0 aliphatic carbocycles. The number of fused-ring (bicyclic) bond motifs is 1. The molecule has 7 nitrogen and oxygen atoms in total. The van der Waals surface area contributed by atoms with Crippen molar-refractivity contribution in [2.75, 3.05) is 6.61 Å². The summed E-state index contributed by atoms with van der Waals surface area (Å²) in [6, 6.07) is 18.4. The number of benzene rings is 2. The van der Waals surface area contributed by atoms with Crippen LogP contribution >= 0.6 is 0 Å². The maximum absolute atomic E-state index is 13.0. The number of esters is 1. The molecule has 0 aliphatic heterocycles. The zero-order chi connectivity index (χ0) is 24.9. The summed E-state index contributed by atoms with van der Waals surface area (Å²) in [7, 11) is 0. The van der Waals surface area contributed by atoms with Crippen LogP contribution < -0.4 is 5.56 Å². The Morgan fingerprint density at radius 1 is 0.943 bits per heavy atom. The highest BCUT2D eigenvalue weighted by Crippen LogP contribution is 2.21. The SMILES string of the molecule is CCCCCn1nc(C(=O)OCC(=O)c2cc(C)n(-c3ccccc3)c2C)c2ccccc2c1=O. The Labute approximate surface area is 204 Å². The van der Waals surface area contributed by atoms with Crippen LogP contribution in [0.5, 0.6) is 0 Å². The Balaban J connectivity index is 1.57. The minimum absolute atomic E-state index is 0.0410. The fourth-order valence-electron chi connectivity index (χ4n) is 4.35. The van der Waals surface area contributed by atoms with Gasteiger partial charge < -0.3 is 9.30 Å². The van der Waals surface area contributed by atoms with E-state index in [-0.39, 0.29) is 17.0 Å². The van der Waals surface area contributed by atoms with Crippen molar-refractivity contribution in [3.8, 4) is 5.69 Å². The number of unbranched alkanes of at least 4 members (excludes halogenated alkanes) is 2. The molecule has 4 rings (SSSR count). The lowest BCUT2D eigenvalue weighted by Crippen LogP contribution is -2.27. The topological polar surface area (TPSA) is 83.2 Å². The quantitative estimate of drug-likeness (QED) is 0.194. The van der Waals surface area contributed by atoms with Crippen molar-refractivity contribution < 1.29 is 14.3 Å². The maximum Gasteiger partial charge on any atom is 0.359 e. The number of carbonyl (C=O) groups is 2. The largest absolute Gasteiger partial charge is 0.452 e. The second-order valence-electron chi connectivity index (χ2n) is 8.58. The standard InChI is InChI=1S/C28H29N3O4/c1-4-5-11-16-30-27(33)23-15-10-9-14-22(23)26(29-30)28(34)35-18-25(32)24-17-19(2)31(20(24)3)21-12-7-6-8-13-21/h6-10,12-15,17H,4-5,11,16,18H2,1-3H3. The number of nitrogens with zero attached hydrogens (tertiary/aromatic N) is 3. The van der Waals surface area contributed by atoms with Crippen molar-refractivity contribution in [3.63, 3.8) is 0 Å². The molecule has 2 heterocycles. The fourth-order valence-corrected chi connectivity index (χ4v) is 4.35. The molecule has 180 valence electrons. The number of ether oxygens (including phenoxy) is 1. The van der Waals surface area contributed by atoms with Gasteiger partial charge in [-0.2, -0.15) is 5.10 Å². The average Bonchev–Trinajstić information content (AvgIpc) is 3.18. The number of para-hydroxylation sites is 1. The van der Waals surface area contributed by atoms with E-state index in [1.165, 1.54) is 4.68 Å². The molecule has 0 aliphatic rings. The van der Waals surface area contributed by atoms with Gasteiger partial charge in [0.15, 0.2) is 12.3 Å². The lowest BCUT2D eigenvalue weighted by Gasteiger charge is -2.11. The van der Waals surface area contributed by atoms with Crippen LogP contribution in [0.4, 0.5) is 0 Å². The molecule has 2 aromatic heterocycles. The second-order valence-corrected chi connectivity index (χ2v) is 8.58. The Hall–Kier alpha value is -4.00. The third-order valence-corrected chi connectivity index (χ3v) is 6.11. The van der Waals surface area contributed by atoms with Crippen molar-refractivity contribution in [1.29, 1.82) is 0 Å². The van der Waals surface area contributed by atoms with Gasteiger partial charge in [0.1, 0.15) is 0 Å². The third-order valence-electron chi connectivity index (χ3n) is 6.11. The number of hydrogen-bond acceptors (Lipinski definition) is 5. The first kappa shape index (κ1) is 24.1. The summed E-state index contributed by atoms with van der Waals surface area (Å²) in [5, 5.41) is 5.14. The summed E-state index contributed by atoms with van der Waals surface area (Å²) in [5.41, 5.74) is 2.95. The summed E-state index contributed by atoms with van der Waals surface area (Å²) in [6.45, 7) is 5.88. The van der Waals surface area contributed by atoms with Crippen LogP contribution in [0.3, 0.4) is 0 Å². The monoisotopic (exact) mass is 471 g/mol. The van der Waals surface area contributed by atoms with Crippen LogP contribution in [0.1, 0.15) is 58.4 Å². The van der Waals surface area contributed by atoms with E-state index in [9.17, 15) is 14.4 Å². The number of ketones is 1. The molecule has 0 fully saturated rings. The minimum Gasteiger partial charge on any atom is -0.452 e. The third kappa shape index (κ3) is 4.94. The van der Waals surface area contributed by atoms with Crippen LogP contribution in [0, 0.1) is 13.8 Å². The van der Waals surface area contributed by atoms with Crippen LogP contribution in [0.25, 0.3) is 16.5 Å². The lowest BCUT2D eigenvalue weighted by atomic mass is 10.1. The molecular weight excluding hydrogens is 442 g/mol. The molecule has 0 unspecified atom stereocenters. The van der Waals surface area contributed by atoms with E-state index in [0.29, 0.717) is 22.9 Å². The van der Waals surface area contributed by atoms with Gasteiger partial charge in [0.2, 0.25) is 5.78 Å². The molecule has 0 amide bonds. The highest BCUT2D eigenvalue weighted by molar-refractivity contribution is 6.04. The van der Waals surface area contributed by atoms with Gasteiger partial charge in [0.25, 0.3) is 5.56 Å². The van der Waals surface area contributed by atoms with Gasteiger partial charge in [-0.05, 0) is 44.5 Å². The molecule has 4 aromatic rings. The number of aromatic nitrogens is 3. The number of Topliss-reactive ketones (excluding diaryl/α,β-unsaturated/α-hetero) is 1. The van der Waals surface area contributed by atoms with Crippen molar-refractivity contribution in [1.82, 2.24) is 14.3 Å². The highest BCUT2D eigenvalue weighted by Gasteiger charge is 2.21. The molecule has 2 aromatic carbocycles. The molecule has 0 bridgehead atoms. The zero-order valence-corrected chi connectivity index (χ0v) is 20.3. The van der Waals surface area contributed by atoms with Crippen molar-refractivity contribution >= 4 is 22.5 Å². The van der Waals surface area contributed by atoms with Gasteiger partial charge in [0.05, 0.1) is 5.39 Å². The second kappa shape index (κ2) is 10.5. The van der Waals surface area contributed by atoms with Gasteiger partial charge >= 0.3 is 5.97 Å². The van der Waals surface area contributed by atoms with Crippen molar-refractivity contribution in [3.05, 3.63) is 93.7 Å². The molecule has 35 heavy (non-hydrogen) atoms. The summed E-state index contributed by atoms with van der Waals surface area (Å²) in [5.74, 6) is -1.02. The first-order valence-electron chi connectivity index (χ1n) is 11.9. The lowest BCUT2D eigenvalue weighted by molar-refractivity contribution is 0.0468. The fraction of sp³-hybridized carbons (Fsp3) is 0.286. The Morgan fingerprint density at radius 2 is 1.63 bits per heavy atom. The Morgan fingerprint density at radius 3 is 2.34 bits per heavy atom. The predicted octanol–water partition coefficient (Wildman–Crippen LogP) is 5.03. The van der Waals surface area contributed by atoms with Gasteiger partial charge in [-0.25, -0.2) is 9.48 Å². The molecule has 0 atom stereocenters. The van der Waals surface area contributed by atoms with Crippen LogP contribution in [0.2, 0.25) is 0 Å². The number of carbonyl (C=O) groups excluding carboxylic acids is 2. The number of aryl methyl sites for hydroxylation is 2. The van der Waals surface area contributed by atoms with E-state index >= 15 is 0 Å². The Bertz CT molecular complexity index is 1430. The molecule has 0 N–H and O–H groups in total. The van der Waals surface area contributed by atoms with E-state index in [1.54, 1.807) is 30.3 Å². The van der Waals surface area contributed by atoms with E-state index in [2.05, 4.69) is 12.0 Å². The zero-order valence-electron chi connectivity index (χ0n) is 20.3. The summed E-state index contributed by atoms with van der Waals surface area (Å²) in [6.07, 6.45) is 2.74. The average molecular weight is 472 g/mol. The number of hydrogen-bond donors (Lipinski definition) is 0.